The second-order valence-corrected chi connectivity index (χ2v) is 4.36. The molecule has 2 N–H and O–H groups in total. The lowest BCUT2D eigenvalue weighted by atomic mass is 10.1. The Morgan fingerprint density at radius 2 is 2.26 bits per heavy atom. The van der Waals surface area contributed by atoms with Gasteiger partial charge in [-0.3, -0.25) is 0 Å². The van der Waals surface area contributed by atoms with Crippen molar-refractivity contribution in [2.75, 3.05) is 6.54 Å². The molecule has 0 amide bonds. The number of halogens is 1. The van der Waals surface area contributed by atoms with Crippen LogP contribution in [0.2, 0.25) is 0 Å². The normalized spacial score (nSPS) is 12.6. The zero-order valence-electron chi connectivity index (χ0n) is 10.9. The van der Waals surface area contributed by atoms with Crippen molar-refractivity contribution in [3.05, 3.63) is 41.3 Å². The Morgan fingerprint density at radius 1 is 1.47 bits per heavy atom. The second-order valence-electron chi connectivity index (χ2n) is 4.36. The minimum Gasteiger partial charge on any atom is -0.508 e. The van der Waals surface area contributed by atoms with E-state index in [2.05, 4.69) is 15.5 Å². The molecule has 2 aromatic rings. The maximum atomic E-state index is 12.9. The van der Waals surface area contributed by atoms with Crippen LogP contribution in [0.4, 0.5) is 4.39 Å². The topological polar surface area (TPSA) is 71.2 Å². The number of rotatable bonds is 5. The summed E-state index contributed by atoms with van der Waals surface area (Å²) in [6, 6.07) is 3.92. The number of phenols is 1. The number of hydrogen-bond acceptors (Lipinski definition) is 5. The van der Waals surface area contributed by atoms with Gasteiger partial charge in [-0.1, -0.05) is 11.2 Å². The molecular weight excluding hydrogens is 249 g/mol. The number of hydrogen-bond donors (Lipinski definition) is 2. The predicted molar refractivity (Wildman–Crippen MR) is 67.2 cm³/mol. The van der Waals surface area contributed by atoms with Crippen LogP contribution < -0.4 is 5.32 Å². The molecule has 6 heteroatoms. The fraction of sp³-hybridized carbons (Fsp3) is 0.385. The standard InChI is InChI=1S/C13H16FN3O2/c1-8(11-4-3-10(14)7-12(11)18)15-6-5-13-16-9(2)19-17-13/h3-4,7-8,15,18H,5-6H2,1-2H3. The van der Waals surface area contributed by atoms with Crippen molar-refractivity contribution in [2.45, 2.75) is 26.3 Å². The zero-order valence-corrected chi connectivity index (χ0v) is 10.9. The van der Waals surface area contributed by atoms with Crippen LogP contribution in [0.15, 0.2) is 22.7 Å². The summed E-state index contributed by atoms with van der Waals surface area (Å²) in [7, 11) is 0. The van der Waals surface area contributed by atoms with Gasteiger partial charge in [0.1, 0.15) is 11.6 Å². The summed E-state index contributed by atoms with van der Waals surface area (Å²) < 4.78 is 17.7. The highest BCUT2D eigenvalue weighted by molar-refractivity contribution is 5.34. The third kappa shape index (κ3) is 3.51. The average molecular weight is 265 g/mol. The highest BCUT2D eigenvalue weighted by Crippen LogP contribution is 2.24. The molecule has 1 aromatic carbocycles. The van der Waals surface area contributed by atoms with Crippen LogP contribution in [0.25, 0.3) is 0 Å². The van der Waals surface area contributed by atoms with Crippen LogP contribution in [0.5, 0.6) is 5.75 Å². The third-order valence-electron chi connectivity index (χ3n) is 2.83. The molecule has 1 aromatic heterocycles. The minimum atomic E-state index is -0.448. The third-order valence-corrected chi connectivity index (χ3v) is 2.83. The van der Waals surface area contributed by atoms with Gasteiger partial charge < -0.3 is 14.9 Å². The SMILES string of the molecule is Cc1nc(CCNC(C)c2ccc(F)cc2O)no1. The van der Waals surface area contributed by atoms with Crippen molar-refractivity contribution in [3.63, 3.8) is 0 Å². The Kier molecular flexibility index (Phi) is 4.11. The first kappa shape index (κ1) is 13.5. The van der Waals surface area contributed by atoms with Gasteiger partial charge in [0.25, 0.3) is 0 Å². The number of phenolic OH excluding ortho intramolecular Hbond substituents is 1. The largest absolute Gasteiger partial charge is 0.508 e. The molecule has 0 fully saturated rings. The summed E-state index contributed by atoms with van der Waals surface area (Å²) in [5, 5.41) is 16.7. The molecule has 1 unspecified atom stereocenters. The van der Waals surface area contributed by atoms with Crippen molar-refractivity contribution < 1.29 is 14.0 Å². The number of benzene rings is 1. The first-order valence-corrected chi connectivity index (χ1v) is 6.07. The molecule has 5 nitrogen and oxygen atoms in total. The van der Waals surface area contributed by atoms with Crippen molar-refractivity contribution in [3.8, 4) is 5.75 Å². The predicted octanol–water partition coefficient (Wildman–Crippen LogP) is 2.12. The van der Waals surface area contributed by atoms with Crippen molar-refractivity contribution in [1.82, 2.24) is 15.5 Å². The molecule has 0 saturated heterocycles. The molecule has 19 heavy (non-hydrogen) atoms. The van der Waals surface area contributed by atoms with Crippen LogP contribution in [-0.4, -0.2) is 21.8 Å². The Balaban J connectivity index is 1.88. The van der Waals surface area contributed by atoms with E-state index in [-0.39, 0.29) is 11.8 Å². The molecule has 0 saturated carbocycles. The van der Waals surface area contributed by atoms with Crippen molar-refractivity contribution >= 4 is 0 Å². The lowest BCUT2D eigenvalue weighted by Gasteiger charge is -2.14. The Morgan fingerprint density at radius 3 is 2.89 bits per heavy atom. The Bertz CT molecular complexity index is 557. The molecular formula is C13H16FN3O2. The number of nitrogens with zero attached hydrogens (tertiary/aromatic N) is 2. The first-order chi connectivity index (χ1) is 9.06. The van der Waals surface area contributed by atoms with Crippen LogP contribution >= 0.6 is 0 Å². The van der Waals surface area contributed by atoms with Gasteiger partial charge >= 0.3 is 0 Å². The Labute approximate surface area is 110 Å². The van der Waals surface area contributed by atoms with Gasteiger partial charge in [-0.15, -0.1) is 0 Å². The van der Waals surface area contributed by atoms with Gasteiger partial charge in [0.15, 0.2) is 5.82 Å². The molecule has 1 heterocycles. The molecule has 0 aliphatic rings. The lowest BCUT2D eigenvalue weighted by molar-refractivity contribution is 0.386. The fourth-order valence-electron chi connectivity index (χ4n) is 1.84. The Hall–Kier alpha value is -1.95. The molecule has 2 rings (SSSR count). The smallest absolute Gasteiger partial charge is 0.223 e. The van der Waals surface area contributed by atoms with Gasteiger partial charge in [-0.05, 0) is 13.0 Å². The van der Waals surface area contributed by atoms with Crippen LogP contribution in [0.1, 0.15) is 30.2 Å². The van der Waals surface area contributed by atoms with E-state index in [0.717, 1.165) is 6.07 Å². The van der Waals surface area contributed by atoms with Crippen LogP contribution in [0.3, 0.4) is 0 Å². The number of aromatic nitrogens is 2. The van der Waals surface area contributed by atoms with E-state index in [1.165, 1.54) is 6.07 Å². The summed E-state index contributed by atoms with van der Waals surface area (Å²) >= 11 is 0. The summed E-state index contributed by atoms with van der Waals surface area (Å²) in [4.78, 5) is 4.09. The lowest BCUT2D eigenvalue weighted by Crippen LogP contribution is -2.21. The zero-order chi connectivity index (χ0) is 13.8. The van der Waals surface area contributed by atoms with Gasteiger partial charge in [-0.25, -0.2) is 4.39 Å². The molecule has 0 bridgehead atoms. The summed E-state index contributed by atoms with van der Waals surface area (Å²) in [5.74, 6) is 0.686. The van der Waals surface area contributed by atoms with E-state index >= 15 is 0 Å². The van der Waals surface area contributed by atoms with E-state index in [4.69, 9.17) is 4.52 Å². The van der Waals surface area contributed by atoms with E-state index in [0.29, 0.717) is 30.2 Å². The quantitative estimate of drug-likeness (QED) is 0.866. The summed E-state index contributed by atoms with van der Waals surface area (Å²) in [6.45, 7) is 4.27. The van der Waals surface area contributed by atoms with E-state index < -0.39 is 5.82 Å². The summed E-state index contributed by atoms with van der Waals surface area (Å²) in [5.41, 5.74) is 0.658. The monoisotopic (exact) mass is 265 g/mol. The van der Waals surface area contributed by atoms with Crippen molar-refractivity contribution in [2.24, 2.45) is 0 Å². The highest BCUT2D eigenvalue weighted by atomic mass is 19.1. The molecule has 102 valence electrons. The number of nitrogens with one attached hydrogen (secondary N) is 1. The van der Waals surface area contributed by atoms with Gasteiger partial charge in [0, 0.05) is 37.6 Å². The van der Waals surface area contributed by atoms with Crippen LogP contribution in [0, 0.1) is 12.7 Å². The van der Waals surface area contributed by atoms with Gasteiger partial charge in [0.05, 0.1) is 0 Å². The molecule has 0 aliphatic heterocycles. The van der Waals surface area contributed by atoms with Crippen LogP contribution in [-0.2, 0) is 6.42 Å². The van der Waals surface area contributed by atoms with E-state index in [1.807, 2.05) is 6.92 Å². The molecule has 0 spiro atoms. The highest BCUT2D eigenvalue weighted by Gasteiger charge is 2.11. The minimum absolute atomic E-state index is 0.0459. The van der Waals surface area contributed by atoms with E-state index in [9.17, 15) is 9.50 Å². The van der Waals surface area contributed by atoms with E-state index in [1.54, 1.807) is 13.0 Å². The fourth-order valence-corrected chi connectivity index (χ4v) is 1.84. The maximum absolute atomic E-state index is 12.9. The average Bonchev–Trinajstić information content (AvgIpc) is 2.75. The molecule has 0 radical (unpaired) electrons. The summed E-state index contributed by atoms with van der Waals surface area (Å²) in [6.07, 6.45) is 0.629. The first-order valence-electron chi connectivity index (χ1n) is 6.07. The van der Waals surface area contributed by atoms with Gasteiger partial charge in [-0.2, -0.15) is 4.98 Å². The van der Waals surface area contributed by atoms with Gasteiger partial charge in [0.2, 0.25) is 5.89 Å². The molecule has 0 aliphatic carbocycles. The second kappa shape index (κ2) is 5.79. The van der Waals surface area contributed by atoms with Crippen molar-refractivity contribution in [1.29, 1.82) is 0 Å². The number of aromatic hydroxyl groups is 1. The number of aryl methyl sites for hydroxylation is 1. The maximum Gasteiger partial charge on any atom is 0.223 e. The molecule has 1 atom stereocenters.